The lowest BCUT2D eigenvalue weighted by Gasteiger charge is -2.33. The Balaban J connectivity index is 1.80. The summed E-state index contributed by atoms with van der Waals surface area (Å²) < 4.78 is 5.44. The summed E-state index contributed by atoms with van der Waals surface area (Å²) in [6.07, 6.45) is 3.41. The van der Waals surface area contributed by atoms with Crippen LogP contribution < -0.4 is 4.74 Å². The molecule has 0 aliphatic carbocycles. The van der Waals surface area contributed by atoms with Crippen LogP contribution in [-0.4, -0.2) is 35.5 Å². The second-order valence-electron chi connectivity index (χ2n) is 6.61. The minimum atomic E-state index is 0.140. The van der Waals surface area contributed by atoms with E-state index < -0.39 is 0 Å². The van der Waals surface area contributed by atoms with Crippen LogP contribution in [0.1, 0.15) is 36.5 Å². The molecule has 3 aromatic rings. The highest BCUT2D eigenvalue weighted by Crippen LogP contribution is 2.32. The maximum absolute atomic E-state index is 12.9. The highest BCUT2D eigenvalue weighted by molar-refractivity contribution is 6.11. The standard InChI is InChI=1S/C20H22N2O2/c1-13-6-3-4-11-22(13)20(23)14-9-10-17-16(12-14)15-7-5-8-18(24-2)19(15)21-17/h5,7-10,12-13,21H,3-4,6,11H2,1-2H3. The molecular weight excluding hydrogens is 300 g/mol. The number of nitrogens with one attached hydrogen (secondary N) is 1. The Morgan fingerprint density at radius 3 is 2.88 bits per heavy atom. The second-order valence-corrected chi connectivity index (χ2v) is 6.61. The number of likely N-dealkylation sites (tertiary alicyclic amines) is 1. The molecule has 4 nitrogen and oxygen atoms in total. The number of aromatic nitrogens is 1. The number of hydrogen-bond donors (Lipinski definition) is 1. The van der Waals surface area contributed by atoms with Crippen LogP contribution in [0.5, 0.6) is 5.75 Å². The number of carbonyl (C=O) groups excluding carboxylic acids is 1. The van der Waals surface area contributed by atoms with Crippen LogP contribution in [0.15, 0.2) is 36.4 Å². The minimum Gasteiger partial charge on any atom is -0.495 e. The van der Waals surface area contributed by atoms with Gasteiger partial charge in [-0.05, 0) is 50.5 Å². The number of hydrogen-bond acceptors (Lipinski definition) is 2. The van der Waals surface area contributed by atoms with Gasteiger partial charge in [0.05, 0.1) is 12.6 Å². The topological polar surface area (TPSA) is 45.3 Å². The summed E-state index contributed by atoms with van der Waals surface area (Å²) in [6.45, 7) is 3.01. The summed E-state index contributed by atoms with van der Waals surface area (Å²) in [4.78, 5) is 18.3. The third-order valence-electron chi connectivity index (χ3n) is 5.13. The van der Waals surface area contributed by atoms with Crippen LogP contribution in [0.2, 0.25) is 0 Å². The van der Waals surface area contributed by atoms with Gasteiger partial charge in [0.1, 0.15) is 5.75 Å². The number of carbonyl (C=O) groups is 1. The number of amides is 1. The molecule has 1 aliphatic rings. The van der Waals surface area contributed by atoms with Crippen molar-refractivity contribution < 1.29 is 9.53 Å². The lowest BCUT2D eigenvalue weighted by Crippen LogP contribution is -2.41. The molecule has 0 bridgehead atoms. The SMILES string of the molecule is COc1cccc2c1[nH]c1ccc(C(=O)N3CCCCC3C)cc12. The van der Waals surface area contributed by atoms with Crippen LogP contribution in [0.3, 0.4) is 0 Å². The van der Waals surface area contributed by atoms with E-state index in [-0.39, 0.29) is 5.91 Å². The largest absolute Gasteiger partial charge is 0.495 e. The van der Waals surface area contributed by atoms with Gasteiger partial charge in [0.25, 0.3) is 5.91 Å². The fraction of sp³-hybridized carbons (Fsp3) is 0.350. The zero-order valence-corrected chi connectivity index (χ0v) is 14.1. The number of H-pyrrole nitrogens is 1. The molecule has 24 heavy (non-hydrogen) atoms. The average molecular weight is 322 g/mol. The van der Waals surface area contributed by atoms with Crippen molar-refractivity contribution in [3.63, 3.8) is 0 Å². The third-order valence-corrected chi connectivity index (χ3v) is 5.13. The molecule has 1 saturated heterocycles. The van der Waals surface area contributed by atoms with Crippen molar-refractivity contribution in [2.45, 2.75) is 32.2 Å². The number of nitrogens with zero attached hydrogens (tertiary/aromatic N) is 1. The van der Waals surface area contributed by atoms with Gasteiger partial charge in [0.2, 0.25) is 0 Å². The van der Waals surface area contributed by atoms with Crippen molar-refractivity contribution in [2.75, 3.05) is 13.7 Å². The first-order chi connectivity index (χ1) is 11.7. The van der Waals surface area contributed by atoms with Crippen LogP contribution in [0.4, 0.5) is 0 Å². The van der Waals surface area contributed by atoms with Gasteiger partial charge in [-0.3, -0.25) is 4.79 Å². The van der Waals surface area contributed by atoms with Crippen LogP contribution in [-0.2, 0) is 0 Å². The quantitative estimate of drug-likeness (QED) is 0.762. The monoisotopic (exact) mass is 322 g/mol. The van der Waals surface area contributed by atoms with Crippen molar-refractivity contribution in [3.05, 3.63) is 42.0 Å². The Bertz CT molecular complexity index is 913. The molecule has 4 heteroatoms. The summed E-state index contributed by atoms with van der Waals surface area (Å²) in [5.74, 6) is 0.961. The first kappa shape index (κ1) is 15.1. The Morgan fingerprint density at radius 2 is 2.08 bits per heavy atom. The molecule has 4 rings (SSSR count). The molecule has 0 saturated carbocycles. The fourth-order valence-electron chi connectivity index (χ4n) is 3.76. The summed E-state index contributed by atoms with van der Waals surface area (Å²) in [7, 11) is 1.67. The van der Waals surface area contributed by atoms with E-state index in [0.717, 1.165) is 52.5 Å². The van der Waals surface area contributed by atoms with Gasteiger partial charge in [-0.25, -0.2) is 0 Å². The van der Waals surface area contributed by atoms with E-state index >= 15 is 0 Å². The summed E-state index contributed by atoms with van der Waals surface area (Å²) in [5.41, 5.74) is 2.77. The predicted molar refractivity (Wildman–Crippen MR) is 96.7 cm³/mol. The van der Waals surface area contributed by atoms with Crippen molar-refractivity contribution in [3.8, 4) is 5.75 Å². The molecule has 0 spiro atoms. The van der Waals surface area contributed by atoms with Gasteiger partial charge in [0, 0.05) is 34.4 Å². The van der Waals surface area contributed by atoms with Crippen LogP contribution >= 0.6 is 0 Å². The third kappa shape index (κ3) is 2.33. The molecule has 1 amide bonds. The van der Waals surface area contributed by atoms with Gasteiger partial charge in [-0.1, -0.05) is 12.1 Å². The van der Waals surface area contributed by atoms with E-state index in [0.29, 0.717) is 6.04 Å². The molecule has 0 radical (unpaired) electrons. The van der Waals surface area contributed by atoms with Gasteiger partial charge in [-0.15, -0.1) is 0 Å². The molecule has 2 heterocycles. The van der Waals surface area contributed by atoms with E-state index in [1.165, 1.54) is 6.42 Å². The maximum atomic E-state index is 12.9. The van der Waals surface area contributed by atoms with Crippen molar-refractivity contribution in [1.82, 2.24) is 9.88 Å². The van der Waals surface area contributed by atoms with Gasteiger partial charge >= 0.3 is 0 Å². The lowest BCUT2D eigenvalue weighted by atomic mass is 10.0. The minimum absolute atomic E-state index is 0.140. The molecule has 1 unspecified atom stereocenters. The van der Waals surface area contributed by atoms with Crippen molar-refractivity contribution >= 4 is 27.7 Å². The summed E-state index contributed by atoms with van der Waals surface area (Å²) >= 11 is 0. The first-order valence-electron chi connectivity index (χ1n) is 8.58. The number of aromatic amines is 1. The molecular formula is C20H22N2O2. The van der Waals surface area contributed by atoms with Gasteiger partial charge < -0.3 is 14.6 Å². The molecule has 1 atom stereocenters. The number of fused-ring (bicyclic) bond motifs is 3. The van der Waals surface area contributed by atoms with Gasteiger partial charge in [0.15, 0.2) is 0 Å². The Labute approximate surface area is 141 Å². The number of para-hydroxylation sites is 1. The van der Waals surface area contributed by atoms with E-state index in [2.05, 4.69) is 18.0 Å². The molecule has 1 fully saturated rings. The smallest absolute Gasteiger partial charge is 0.254 e. The molecule has 1 N–H and O–H groups in total. The lowest BCUT2D eigenvalue weighted by molar-refractivity contribution is 0.0636. The number of methoxy groups -OCH3 is 1. The number of piperidine rings is 1. The van der Waals surface area contributed by atoms with E-state index in [9.17, 15) is 4.79 Å². The molecule has 124 valence electrons. The van der Waals surface area contributed by atoms with E-state index in [1.54, 1.807) is 7.11 Å². The second kappa shape index (κ2) is 5.86. The Kier molecular flexibility index (Phi) is 3.68. The summed E-state index contributed by atoms with van der Waals surface area (Å²) in [5, 5.41) is 2.16. The zero-order chi connectivity index (χ0) is 16.7. The van der Waals surface area contributed by atoms with Gasteiger partial charge in [-0.2, -0.15) is 0 Å². The predicted octanol–water partition coefficient (Wildman–Crippen LogP) is 4.34. The van der Waals surface area contributed by atoms with Crippen molar-refractivity contribution in [1.29, 1.82) is 0 Å². The summed E-state index contributed by atoms with van der Waals surface area (Å²) in [6, 6.07) is 12.2. The highest BCUT2D eigenvalue weighted by atomic mass is 16.5. The molecule has 1 aliphatic heterocycles. The zero-order valence-electron chi connectivity index (χ0n) is 14.1. The number of ether oxygens (including phenoxy) is 1. The highest BCUT2D eigenvalue weighted by Gasteiger charge is 2.24. The molecule has 1 aromatic heterocycles. The fourth-order valence-corrected chi connectivity index (χ4v) is 3.76. The Hall–Kier alpha value is -2.49. The van der Waals surface area contributed by atoms with Crippen LogP contribution in [0.25, 0.3) is 21.8 Å². The normalized spacial score (nSPS) is 18.2. The Morgan fingerprint density at radius 1 is 1.21 bits per heavy atom. The van der Waals surface area contributed by atoms with Crippen molar-refractivity contribution in [2.24, 2.45) is 0 Å². The van der Waals surface area contributed by atoms with Crippen LogP contribution in [0, 0.1) is 0 Å². The number of benzene rings is 2. The van der Waals surface area contributed by atoms with E-state index in [1.807, 2.05) is 35.2 Å². The first-order valence-corrected chi connectivity index (χ1v) is 8.58. The maximum Gasteiger partial charge on any atom is 0.254 e. The molecule has 2 aromatic carbocycles. The average Bonchev–Trinajstić information content (AvgIpc) is 2.99. The van der Waals surface area contributed by atoms with E-state index in [4.69, 9.17) is 4.74 Å². The number of rotatable bonds is 2.